The molecule has 0 bridgehead atoms. The first kappa shape index (κ1) is 14.6. The molecule has 4 heteroatoms. The van der Waals surface area contributed by atoms with Gasteiger partial charge in [-0.25, -0.2) is 0 Å². The molecule has 1 fully saturated rings. The molecule has 0 unspecified atom stereocenters. The van der Waals surface area contributed by atoms with Gasteiger partial charge in [0.1, 0.15) is 5.69 Å². The molecule has 1 aliphatic rings. The third-order valence-corrected chi connectivity index (χ3v) is 4.57. The maximum Gasteiger partial charge on any atom is 0.152 e. The van der Waals surface area contributed by atoms with Crippen LogP contribution in [0, 0.1) is 5.92 Å². The summed E-state index contributed by atoms with van der Waals surface area (Å²) in [4.78, 5) is 0. The van der Waals surface area contributed by atoms with E-state index in [4.69, 9.17) is 16.1 Å². The first-order chi connectivity index (χ1) is 10.3. The summed E-state index contributed by atoms with van der Waals surface area (Å²) in [7, 11) is 0. The molecular formula is C17H20ClNO2. The van der Waals surface area contributed by atoms with Gasteiger partial charge in [-0.15, -0.1) is 11.6 Å². The topological polar surface area (TPSA) is 46.3 Å². The highest BCUT2D eigenvalue weighted by Crippen LogP contribution is 2.35. The minimum atomic E-state index is -0.385. The molecule has 0 aliphatic heterocycles. The number of halogens is 1. The van der Waals surface area contributed by atoms with E-state index < -0.39 is 0 Å². The van der Waals surface area contributed by atoms with E-state index in [-0.39, 0.29) is 6.10 Å². The third-order valence-electron chi connectivity index (χ3n) is 4.31. The molecule has 1 heterocycles. The quantitative estimate of drug-likeness (QED) is 0.833. The van der Waals surface area contributed by atoms with Gasteiger partial charge in [0, 0.05) is 11.6 Å². The molecule has 1 atom stereocenters. The van der Waals surface area contributed by atoms with Crippen LogP contribution in [0.3, 0.4) is 0 Å². The van der Waals surface area contributed by atoms with E-state index in [0.717, 1.165) is 29.7 Å². The molecule has 1 aromatic carbocycles. The fourth-order valence-corrected chi connectivity index (χ4v) is 3.24. The Morgan fingerprint density at radius 3 is 2.76 bits per heavy atom. The van der Waals surface area contributed by atoms with Gasteiger partial charge in [0.2, 0.25) is 0 Å². The number of benzene rings is 1. The van der Waals surface area contributed by atoms with Crippen molar-refractivity contribution in [1.82, 2.24) is 5.16 Å². The predicted octanol–water partition coefficient (Wildman–Crippen LogP) is 4.69. The van der Waals surface area contributed by atoms with Crippen LogP contribution in [0.15, 0.2) is 34.9 Å². The van der Waals surface area contributed by atoms with Gasteiger partial charge in [0.15, 0.2) is 5.76 Å². The van der Waals surface area contributed by atoms with Crippen molar-refractivity contribution < 1.29 is 9.63 Å². The normalized spacial score (nSPS) is 17.8. The minimum absolute atomic E-state index is 0.317. The second-order valence-electron chi connectivity index (χ2n) is 5.78. The molecule has 3 nitrogen and oxygen atoms in total. The van der Waals surface area contributed by atoms with Crippen molar-refractivity contribution in [2.75, 3.05) is 0 Å². The van der Waals surface area contributed by atoms with Crippen molar-refractivity contribution in [3.8, 4) is 11.3 Å². The average molecular weight is 306 g/mol. The number of hydrogen-bond donors (Lipinski definition) is 1. The van der Waals surface area contributed by atoms with Crippen LogP contribution >= 0.6 is 11.6 Å². The molecule has 1 N–H and O–H groups in total. The summed E-state index contributed by atoms with van der Waals surface area (Å²) in [6.07, 6.45) is 5.60. The monoisotopic (exact) mass is 305 g/mol. The maximum atomic E-state index is 10.6. The lowest BCUT2D eigenvalue weighted by molar-refractivity contribution is 0.0849. The molecular weight excluding hydrogens is 286 g/mol. The molecule has 1 aliphatic carbocycles. The van der Waals surface area contributed by atoms with Gasteiger partial charge >= 0.3 is 0 Å². The zero-order chi connectivity index (χ0) is 14.7. The minimum Gasteiger partial charge on any atom is -0.388 e. The van der Waals surface area contributed by atoms with Gasteiger partial charge in [-0.2, -0.15) is 0 Å². The largest absolute Gasteiger partial charge is 0.388 e. The van der Waals surface area contributed by atoms with Crippen molar-refractivity contribution in [2.24, 2.45) is 5.92 Å². The summed E-state index contributed by atoms with van der Waals surface area (Å²) in [5.74, 6) is 1.35. The molecule has 2 aromatic rings. The Bertz CT molecular complexity index is 590. The van der Waals surface area contributed by atoms with Crippen molar-refractivity contribution >= 4 is 11.6 Å². The van der Waals surface area contributed by atoms with Crippen LogP contribution in [0.4, 0.5) is 0 Å². The summed E-state index contributed by atoms with van der Waals surface area (Å²) in [5.41, 5.74) is 2.70. The number of aliphatic hydroxyl groups excluding tert-OH is 1. The zero-order valence-corrected chi connectivity index (χ0v) is 12.7. The Balaban J connectivity index is 1.81. The molecule has 1 saturated carbocycles. The molecule has 1 aromatic heterocycles. The zero-order valence-electron chi connectivity index (χ0n) is 12.0. The predicted molar refractivity (Wildman–Crippen MR) is 83.0 cm³/mol. The lowest BCUT2D eigenvalue weighted by Crippen LogP contribution is -2.15. The van der Waals surface area contributed by atoms with Crippen LogP contribution in [0.5, 0.6) is 0 Å². The number of rotatable bonds is 4. The van der Waals surface area contributed by atoms with E-state index in [1.54, 1.807) is 0 Å². The highest BCUT2D eigenvalue weighted by Gasteiger charge is 2.23. The Morgan fingerprint density at radius 2 is 2.05 bits per heavy atom. The fourth-order valence-electron chi connectivity index (χ4n) is 3.12. The number of alkyl halides is 1. The number of hydrogen-bond acceptors (Lipinski definition) is 3. The number of aromatic nitrogens is 1. The van der Waals surface area contributed by atoms with Crippen molar-refractivity contribution in [2.45, 2.75) is 44.1 Å². The number of aliphatic hydroxyl groups is 1. The van der Waals surface area contributed by atoms with Gasteiger partial charge in [-0.05, 0) is 30.4 Å². The van der Waals surface area contributed by atoms with Crippen molar-refractivity contribution in [3.63, 3.8) is 0 Å². The highest BCUT2D eigenvalue weighted by molar-refractivity contribution is 6.16. The second-order valence-corrected chi connectivity index (χ2v) is 6.05. The molecule has 21 heavy (non-hydrogen) atoms. The highest BCUT2D eigenvalue weighted by atomic mass is 35.5. The van der Waals surface area contributed by atoms with E-state index in [9.17, 15) is 5.11 Å². The van der Waals surface area contributed by atoms with Crippen LogP contribution in [0.2, 0.25) is 0 Å². The van der Waals surface area contributed by atoms with E-state index in [0.29, 0.717) is 17.6 Å². The smallest absolute Gasteiger partial charge is 0.152 e. The van der Waals surface area contributed by atoms with Crippen molar-refractivity contribution in [1.29, 1.82) is 0 Å². The maximum absolute atomic E-state index is 10.6. The molecule has 112 valence electrons. The summed E-state index contributed by atoms with van der Waals surface area (Å²) in [5, 5.41) is 14.6. The standard InChI is InChI=1S/C17H20ClNO2/c18-11-15-10-16(19-21-15)13-7-4-8-14(9-13)17(20)12-5-2-1-3-6-12/h4,7-10,12,17,20H,1-3,5-6,11H2/t17-/m1/s1. The fraction of sp³-hybridized carbons (Fsp3) is 0.471. The van der Waals surface area contributed by atoms with Crippen LogP contribution < -0.4 is 0 Å². The van der Waals surface area contributed by atoms with Gasteiger partial charge in [-0.3, -0.25) is 0 Å². The molecule has 0 radical (unpaired) electrons. The summed E-state index contributed by atoms with van der Waals surface area (Å²) >= 11 is 5.74. The summed E-state index contributed by atoms with van der Waals surface area (Å²) < 4.78 is 5.14. The summed E-state index contributed by atoms with van der Waals surface area (Å²) in [6, 6.07) is 9.79. The van der Waals surface area contributed by atoms with Crippen LogP contribution in [-0.4, -0.2) is 10.3 Å². The Hall–Kier alpha value is -1.32. The van der Waals surface area contributed by atoms with Crippen LogP contribution in [0.1, 0.15) is 49.5 Å². The molecule has 0 spiro atoms. The van der Waals surface area contributed by atoms with Gasteiger partial charge < -0.3 is 9.63 Å². The van der Waals surface area contributed by atoms with E-state index in [1.165, 1.54) is 19.3 Å². The first-order valence-electron chi connectivity index (χ1n) is 7.58. The Labute approximate surface area is 129 Å². The Morgan fingerprint density at radius 1 is 1.24 bits per heavy atom. The van der Waals surface area contributed by atoms with Crippen LogP contribution in [-0.2, 0) is 5.88 Å². The average Bonchev–Trinajstić information content (AvgIpc) is 3.04. The third kappa shape index (κ3) is 3.30. The lowest BCUT2D eigenvalue weighted by atomic mass is 9.82. The Kier molecular flexibility index (Phi) is 4.61. The van der Waals surface area contributed by atoms with Crippen LogP contribution in [0.25, 0.3) is 11.3 Å². The summed E-state index contributed by atoms with van der Waals surface area (Å²) in [6.45, 7) is 0. The second kappa shape index (κ2) is 6.63. The SMILES string of the molecule is O[C@@H](c1cccc(-c2cc(CCl)on2)c1)C1CCCCC1. The van der Waals surface area contributed by atoms with Gasteiger partial charge in [-0.1, -0.05) is 42.6 Å². The van der Waals surface area contributed by atoms with E-state index in [2.05, 4.69) is 5.16 Å². The molecule has 3 rings (SSSR count). The lowest BCUT2D eigenvalue weighted by Gasteiger charge is -2.27. The van der Waals surface area contributed by atoms with E-state index in [1.807, 2.05) is 30.3 Å². The molecule has 0 amide bonds. The first-order valence-corrected chi connectivity index (χ1v) is 8.11. The van der Waals surface area contributed by atoms with Gasteiger partial charge in [0.25, 0.3) is 0 Å². The van der Waals surface area contributed by atoms with Crippen molar-refractivity contribution in [3.05, 3.63) is 41.7 Å². The molecule has 0 saturated heterocycles. The number of nitrogens with zero attached hydrogens (tertiary/aromatic N) is 1. The van der Waals surface area contributed by atoms with E-state index >= 15 is 0 Å². The van der Waals surface area contributed by atoms with Gasteiger partial charge in [0.05, 0.1) is 12.0 Å².